The van der Waals surface area contributed by atoms with Crippen molar-refractivity contribution in [1.82, 2.24) is 10.1 Å². The summed E-state index contributed by atoms with van der Waals surface area (Å²) in [6, 6.07) is 0. The lowest BCUT2D eigenvalue weighted by Gasteiger charge is -2.27. The maximum absolute atomic E-state index is 12.6. The Hall–Kier alpha value is -0.160. The number of rotatable bonds is 4. The van der Waals surface area contributed by atoms with Crippen molar-refractivity contribution in [2.75, 3.05) is 0 Å². The fourth-order valence-corrected chi connectivity index (χ4v) is 4.91. The molecule has 20 heteroatoms. The van der Waals surface area contributed by atoms with E-state index in [0.29, 0.717) is 0 Å². The molecule has 1 saturated carbocycles. The van der Waals surface area contributed by atoms with Crippen molar-refractivity contribution in [2.45, 2.75) is 19.1 Å². The number of fused-ring (bicyclic) bond motifs is 2. The quantitative estimate of drug-likeness (QED) is 0.331. The van der Waals surface area contributed by atoms with Gasteiger partial charge in [-0.3, -0.25) is 19.2 Å². The molecule has 0 radical (unpaired) electrons. The van der Waals surface area contributed by atoms with Crippen LogP contribution in [-0.4, -0.2) is 56.8 Å². The first kappa shape index (κ1) is 26.4. The van der Waals surface area contributed by atoms with E-state index in [1.165, 1.54) is 0 Å². The van der Waals surface area contributed by atoms with Crippen molar-refractivity contribution >= 4 is 113 Å². The molecule has 2 saturated heterocycles. The van der Waals surface area contributed by atoms with Crippen molar-refractivity contribution in [3.8, 4) is 0 Å². The van der Waals surface area contributed by atoms with Gasteiger partial charge in [0, 0.05) is 0 Å². The highest BCUT2D eigenvalue weighted by Crippen LogP contribution is 2.49. The summed E-state index contributed by atoms with van der Waals surface area (Å²) in [6.07, 6.45) is -0.877. The van der Waals surface area contributed by atoms with Gasteiger partial charge in [-0.2, -0.15) is 16.8 Å². The molecule has 2 aliphatic heterocycles. The zero-order chi connectivity index (χ0) is 24.6. The molecule has 32 heavy (non-hydrogen) atoms. The van der Waals surface area contributed by atoms with Gasteiger partial charge in [0.15, 0.2) is 0 Å². The van der Waals surface area contributed by atoms with Crippen molar-refractivity contribution in [1.29, 1.82) is 0 Å². The van der Waals surface area contributed by atoms with Gasteiger partial charge in [-0.15, -0.1) is 18.7 Å². The van der Waals surface area contributed by atoms with Crippen LogP contribution in [0.3, 0.4) is 0 Å². The Labute approximate surface area is 210 Å². The number of hydroxylamine groups is 4. The molecule has 180 valence electrons. The predicted molar refractivity (Wildman–Crippen MR) is 107 cm³/mol. The van der Waals surface area contributed by atoms with Gasteiger partial charge in [-0.1, -0.05) is 69.6 Å². The van der Waals surface area contributed by atoms with Gasteiger partial charge in [0.1, 0.15) is 0 Å². The summed E-state index contributed by atoms with van der Waals surface area (Å²) in [4.78, 5) is 50.3. The highest BCUT2D eigenvalue weighted by molar-refractivity contribution is 7.93. The Balaban J connectivity index is 1.84. The molecule has 0 spiro atoms. The molecular weight excluding hydrogens is 609 g/mol. The van der Waals surface area contributed by atoms with E-state index in [1.54, 1.807) is 0 Å². The minimum Gasteiger partial charge on any atom is -0.272 e. The van der Waals surface area contributed by atoms with Gasteiger partial charge >= 0.3 is 26.5 Å². The maximum atomic E-state index is 12.6. The lowest BCUT2D eigenvalue weighted by molar-refractivity contribution is -0.166. The Morgan fingerprint density at radius 2 is 0.812 bits per heavy atom. The SMILES string of the molecule is O=C1C2CC3C(=O)N(OS(=O)(=O)C(Cl)(Cl)Cl)C(=O)C3CC2C(=O)N1OS(=O)(=O)C(Cl)(Cl)Cl. The number of halogens is 6. The molecule has 3 rings (SSSR count). The first-order valence-electron chi connectivity index (χ1n) is 8.07. The highest BCUT2D eigenvalue weighted by Gasteiger charge is 2.62. The Kier molecular flexibility index (Phi) is 6.78. The van der Waals surface area contributed by atoms with Gasteiger partial charge in [0.2, 0.25) is 0 Å². The van der Waals surface area contributed by atoms with E-state index in [-0.39, 0.29) is 10.1 Å². The average molecular weight is 617 g/mol. The third-order valence-electron chi connectivity index (χ3n) is 4.97. The largest absolute Gasteiger partial charge is 0.338 e. The van der Waals surface area contributed by atoms with Gasteiger partial charge in [-0.05, 0) is 12.8 Å². The summed E-state index contributed by atoms with van der Waals surface area (Å²) in [5.74, 6) is -9.78. The molecular formula is C12H8Cl6N2O10S2. The number of amides is 4. The molecule has 2 heterocycles. The zero-order valence-electron chi connectivity index (χ0n) is 14.8. The summed E-state index contributed by atoms with van der Waals surface area (Å²) in [6.45, 7) is 0. The lowest BCUT2D eigenvalue weighted by Crippen LogP contribution is -2.38. The van der Waals surface area contributed by atoms with E-state index in [4.69, 9.17) is 69.6 Å². The molecule has 0 N–H and O–H groups in total. The van der Waals surface area contributed by atoms with Crippen LogP contribution in [0.15, 0.2) is 0 Å². The van der Waals surface area contributed by atoms with Crippen LogP contribution in [-0.2, 0) is 48.0 Å². The third-order valence-corrected chi connectivity index (χ3v) is 10.2. The normalized spacial score (nSPS) is 29.6. The van der Waals surface area contributed by atoms with Crippen molar-refractivity contribution in [3.63, 3.8) is 0 Å². The molecule has 0 aromatic rings. The molecule has 4 amide bonds. The summed E-state index contributed by atoms with van der Waals surface area (Å²) in [7, 11) is -10.1. The van der Waals surface area contributed by atoms with E-state index >= 15 is 0 Å². The average Bonchev–Trinajstić information content (AvgIpc) is 2.99. The van der Waals surface area contributed by atoms with Crippen LogP contribution in [0.25, 0.3) is 0 Å². The summed E-state index contributed by atoms with van der Waals surface area (Å²) in [5, 5.41) is -0.214. The molecule has 3 aliphatic rings. The minimum absolute atomic E-state index is 0.107. The predicted octanol–water partition coefficient (Wildman–Crippen LogP) is 1.16. The molecule has 0 aromatic carbocycles. The summed E-state index contributed by atoms with van der Waals surface area (Å²) >= 11 is 31.5. The number of hydrogen-bond donors (Lipinski definition) is 0. The molecule has 4 unspecified atom stereocenters. The summed E-state index contributed by atoms with van der Waals surface area (Å²) < 4.78 is 50.2. The van der Waals surface area contributed by atoms with E-state index in [1.807, 2.05) is 0 Å². The van der Waals surface area contributed by atoms with Gasteiger partial charge in [0.05, 0.1) is 23.7 Å². The van der Waals surface area contributed by atoms with E-state index in [0.717, 1.165) is 0 Å². The van der Waals surface area contributed by atoms with E-state index in [9.17, 15) is 36.0 Å². The van der Waals surface area contributed by atoms with Gasteiger partial charge in [0.25, 0.3) is 23.6 Å². The third kappa shape index (κ3) is 4.32. The molecule has 0 bridgehead atoms. The van der Waals surface area contributed by atoms with Gasteiger partial charge in [-0.25, -0.2) is 0 Å². The van der Waals surface area contributed by atoms with Crippen molar-refractivity contribution in [3.05, 3.63) is 0 Å². The first-order valence-corrected chi connectivity index (χ1v) is 13.2. The van der Waals surface area contributed by atoms with Crippen LogP contribution in [0.5, 0.6) is 0 Å². The Morgan fingerprint density at radius 1 is 0.594 bits per heavy atom. The van der Waals surface area contributed by atoms with Crippen LogP contribution in [0.2, 0.25) is 0 Å². The minimum atomic E-state index is -5.06. The lowest BCUT2D eigenvalue weighted by atomic mass is 9.70. The second-order valence-corrected chi connectivity index (χ2v) is 16.0. The van der Waals surface area contributed by atoms with Crippen molar-refractivity contribution in [2.24, 2.45) is 23.7 Å². The molecule has 4 atom stereocenters. The van der Waals surface area contributed by atoms with E-state index < -0.39 is 86.6 Å². The molecule has 0 aromatic heterocycles. The fraction of sp³-hybridized carbons (Fsp3) is 0.667. The zero-order valence-corrected chi connectivity index (χ0v) is 21.0. The second-order valence-electron chi connectivity index (χ2n) is 6.79. The summed E-state index contributed by atoms with van der Waals surface area (Å²) in [5.41, 5.74) is 0. The number of hydrogen-bond acceptors (Lipinski definition) is 10. The molecule has 3 fully saturated rings. The van der Waals surface area contributed by atoms with Gasteiger partial charge < -0.3 is 0 Å². The second kappa shape index (κ2) is 8.21. The smallest absolute Gasteiger partial charge is 0.272 e. The van der Waals surface area contributed by atoms with Crippen LogP contribution in [0, 0.1) is 23.7 Å². The number of imide groups is 2. The molecule has 1 aliphatic carbocycles. The number of alkyl halides is 6. The topological polar surface area (TPSA) is 161 Å². The van der Waals surface area contributed by atoms with Crippen LogP contribution in [0.4, 0.5) is 0 Å². The number of carbonyl (C=O) groups is 4. The fourth-order valence-electron chi connectivity index (χ4n) is 3.54. The van der Waals surface area contributed by atoms with Crippen molar-refractivity contribution < 1.29 is 44.6 Å². The monoisotopic (exact) mass is 614 g/mol. The van der Waals surface area contributed by atoms with Crippen LogP contribution in [0.1, 0.15) is 12.8 Å². The Bertz CT molecular complexity index is 986. The Morgan fingerprint density at radius 3 is 1.00 bits per heavy atom. The van der Waals surface area contributed by atoms with Crippen LogP contribution < -0.4 is 0 Å². The highest BCUT2D eigenvalue weighted by atomic mass is 35.6. The maximum Gasteiger partial charge on any atom is 0.338 e. The molecule has 12 nitrogen and oxygen atoms in total. The first-order chi connectivity index (χ1) is 14.3. The van der Waals surface area contributed by atoms with E-state index in [2.05, 4.69) is 8.57 Å². The standard InChI is InChI=1S/C12H8Cl6N2O10S2/c13-11(14,15)31(25,26)29-19-7(21)3-1-4-6(2-5(3)9(19)23)10(24)20(8(4)22)30-32(27,28)12(16,17)18/h3-6H,1-2H2. The number of nitrogens with zero attached hydrogens (tertiary/aromatic N) is 2. The van der Waals surface area contributed by atoms with Crippen LogP contribution >= 0.6 is 69.6 Å². The number of carbonyl (C=O) groups excluding carboxylic acids is 4.